The number of allylic oxidation sites excluding steroid dienone is 2. The predicted octanol–water partition coefficient (Wildman–Crippen LogP) is 3.41. The lowest BCUT2D eigenvalue weighted by Crippen LogP contribution is -2.00. The molecule has 0 aliphatic heterocycles. The van der Waals surface area contributed by atoms with E-state index in [0.717, 1.165) is 12.1 Å². The van der Waals surface area contributed by atoms with E-state index in [0.29, 0.717) is 5.92 Å². The second-order valence-electron chi connectivity index (χ2n) is 3.15. The van der Waals surface area contributed by atoms with E-state index in [-0.39, 0.29) is 0 Å². The monoisotopic (exact) mass is 153 g/mol. The topological polar surface area (TPSA) is 23.9 Å². The molecule has 0 heterocycles. The van der Waals surface area contributed by atoms with Crippen LogP contribution >= 0.6 is 0 Å². The zero-order valence-electron chi connectivity index (χ0n) is 7.85. The molecule has 0 saturated carbocycles. The predicted molar refractivity (Wildman–Crippen MR) is 51.2 cm³/mol. The lowest BCUT2D eigenvalue weighted by atomic mass is 10.1. The Morgan fingerprint density at radius 1 is 1.45 bits per heavy atom. The van der Waals surface area contributed by atoms with Crippen molar-refractivity contribution in [1.29, 1.82) is 5.41 Å². The molecule has 0 bridgehead atoms. The SMILES string of the molecule is CCCC/C=C\C(=N)C(C)C. The Bertz CT molecular complexity index is 134. The molecule has 11 heavy (non-hydrogen) atoms. The van der Waals surface area contributed by atoms with Crippen molar-refractivity contribution in [2.75, 3.05) is 0 Å². The zero-order valence-corrected chi connectivity index (χ0v) is 7.85. The third-order valence-corrected chi connectivity index (χ3v) is 1.64. The van der Waals surface area contributed by atoms with Crippen LogP contribution in [0.3, 0.4) is 0 Å². The van der Waals surface area contributed by atoms with Crippen LogP contribution in [0.4, 0.5) is 0 Å². The van der Waals surface area contributed by atoms with Crippen molar-refractivity contribution < 1.29 is 0 Å². The summed E-state index contributed by atoms with van der Waals surface area (Å²) in [5.41, 5.74) is 0.737. The summed E-state index contributed by atoms with van der Waals surface area (Å²) in [5, 5.41) is 7.49. The fourth-order valence-corrected chi connectivity index (χ4v) is 0.725. The van der Waals surface area contributed by atoms with E-state index in [1.54, 1.807) is 0 Å². The van der Waals surface area contributed by atoms with E-state index in [4.69, 9.17) is 5.41 Å². The normalized spacial score (nSPS) is 11.3. The third kappa shape index (κ3) is 5.84. The summed E-state index contributed by atoms with van der Waals surface area (Å²) in [7, 11) is 0. The summed E-state index contributed by atoms with van der Waals surface area (Å²) in [6, 6.07) is 0. The second kappa shape index (κ2) is 6.14. The van der Waals surface area contributed by atoms with Crippen LogP contribution in [0, 0.1) is 11.3 Å². The number of unbranched alkanes of at least 4 members (excludes halogenated alkanes) is 2. The number of hydrogen-bond acceptors (Lipinski definition) is 1. The van der Waals surface area contributed by atoms with E-state index in [2.05, 4.69) is 13.0 Å². The fourth-order valence-electron chi connectivity index (χ4n) is 0.725. The van der Waals surface area contributed by atoms with Gasteiger partial charge in [0.2, 0.25) is 0 Å². The lowest BCUT2D eigenvalue weighted by molar-refractivity contribution is 0.813. The molecule has 0 spiro atoms. The Morgan fingerprint density at radius 2 is 2.09 bits per heavy atom. The first-order valence-electron chi connectivity index (χ1n) is 4.43. The summed E-state index contributed by atoms with van der Waals surface area (Å²) in [6.07, 6.45) is 7.62. The van der Waals surface area contributed by atoms with Gasteiger partial charge >= 0.3 is 0 Å². The van der Waals surface area contributed by atoms with Gasteiger partial charge in [0.1, 0.15) is 0 Å². The molecule has 0 amide bonds. The van der Waals surface area contributed by atoms with Crippen molar-refractivity contribution in [2.24, 2.45) is 5.92 Å². The molecule has 0 rings (SSSR count). The van der Waals surface area contributed by atoms with E-state index in [1.807, 2.05) is 19.9 Å². The highest BCUT2D eigenvalue weighted by atomic mass is 14.4. The summed E-state index contributed by atoms with van der Waals surface area (Å²) >= 11 is 0. The van der Waals surface area contributed by atoms with Gasteiger partial charge in [0.15, 0.2) is 0 Å². The Hall–Kier alpha value is -0.590. The molecule has 0 aliphatic rings. The number of rotatable bonds is 5. The minimum Gasteiger partial charge on any atom is -0.305 e. The zero-order chi connectivity index (χ0) is 8.69. The Morgan fingerprint density at radius 3 is 2.55 bits per heavy atom. The van der Waals surface area contributed by atoms with E-state index in [1.165, 1.54) is 12.8 Å². The average Bonchev–Trinajstić information content (AvgIpc) is 1.97. The van der Waals surface area contributed by atoms with Gasteiger partial charge in [-0.25, -0.2) is 0 Å². The molecule has 0 aromatic rings. The molecule has 1 heteroatoms. The summed E-state index contributed by atoms with van der Waals surface area (Å²) < 4.78 is 0. The minimum absolute atomic E-state index is 0.368. The molecule has 0 atom stereocenters. The molecule has 0 aliphatic carbocycles. The molecule has 64 valence electrons. The quantitative estimate of drug-likeness (QED) is 0.462. The van der Waals surface area contributed by atoms with Gasteiger partial charge in [0, 0.05) is 5.71 Å². The fraction of sp³-hybridized carbons (Fsp3) is 0.700. The van der Waals surface area contributed by atoms with Gasteiger partial charge in [0.25, 0.3) is 0 Å². The smallest absolute Gasteiger partial charge is 0.0336 e. The first kappa shape index (κ1) is 10.4. The molecule has 0 saturated heterocycles. The van der Waals surface area contributed by atoms with Crippen molar-refractivity contribution in [2.45, 2.75) is 40.0 Å². The maximum atomic E-state index is 7.49. The van der Waals surface area contributed by atoms with Gasteiger partial charge in [-0.15, -0.1) is 0 Å². The highest BCUT2D eigenvalue weighted by Crippen LogP contribution is 1.99. The van der Waals surface area contributed by atoms with Crippen molar-refractivity contribution in [3.8, 4) is 0 Å². The van der Waals surface area contributed by atoms with Gasteiger partial charge in [0.05, 0.1) is 0 Å². The first-order valence-corrected chi connectivity index (χ1v) is 4.43. The van der Waals surface area contributed by atoms with E-state index in [9.17, 15) is 0 Å². The van der Waals surface area contributed by atoms with Gasteiger partial charge in [-0.3, -0.25) is 0 Å². The van der Waals surface area contributed by atoms with Crippen LogP contribution in [0.2, 0.25) is 0 Å². The minimum atomic E-state index is 0.368. The van der Waals surface area contributed by atoms with Crippen LogP contribution in [0.25, 0.3) is 0 Å². The molecule has 0 aromatic heterocycles. The van der Waals surface area contributed by atoms with Crippen LogP contribution in [-0.4, -0.2) is 5.71 Å². The average molecular weight is 153 g/mol. The summed E-state index contributed by atoms with van der Waals surface area (Å²) in [5.74, 6) is 0.368. The van der Waals surface area contributed by atoms with Gasteiger partial charge < -0.3 is 5.41 Å². The molecule has 1 N–H and O–H groups in total. The van der Waals surface area contributed by atoms with Crippen molar-refractivity contribution in [3.63, 3.8) is 0 Å². The largest absolute Gasteiger partial charge is 0.305 e. The van der Waals surface area contributed by atoms with Gasteiger partial charge in [-0.1, -0.05) is 39.7 Å². The van der Waals surface area contributed by atoms with Crippen molar-refractivity contribution >= 4 is 5.71 Å². The van der Waals surface area contributed by atoms with E-state index < -0.39 is 0 Å². The van der Waals surface area contributed by atoms with Crippen molar-refractivity contribution in [1.82, 2.24) is 0 Å². The summed E-state index contributed by atoms with van der Waals surface area (Å²) in [6.45, 7) is 6.28. The Labute approximate surface area is 70.0 Å². The number of nitrogens with one attached hydrogen (secondary N) is 1. The standard InChI is InChI=1S/C10H19N/c1-4-5-6-7-8-10(11)9(2)3/h7-9,11H,4-6H2,1-3H3/b8-7-,11-10?. The molecular formula is C10H19N. The number of hydrogen-bond donors (Lipinski definition) is 1. The van der Waals surface area contributed by atoms with Crippen LogP contribution in [0.1, 0.15) is 40.0 Å². The van der Waals surface area contributed by atoms with Crippen LogP contribution < -0.4 is 0 Å². The van der Waals surface area contributed by atoms with Crippen LogP contribution in [0.5, 0.6) is 0 Å². The van der Waals surface area contributed by atoms with Crippen molar-refractivity contribution in [3.05, 3.63) is 12.2 Å². The Kier molecular flexibility index (Phi) is 5.81. The molecule has 1 nitrogen and oxygen atoms in total. The Balaban J connectivity index is 3.49. The first-order chi connectivity index (χ1) is 5.18. The van der Waals surface area contributed by atoms with Crippen LogP contribution in [0.15, 0.2) is 12.2 Å². The molecule has 0 unspecified atom stereocenters. The second-order valence-corrected chi connectivity index (χ2v) is 3.15. The van der Waals surface area contributed by atoms with E-state index >= 15 is 0 Å². The lowest BCUT2D eigenvalue weighted by Gasteiger charge is -1.99. The van der Waals surface area contributed by atoms with Crippen LogP contribution in [-0.2, 0) is 0 Å². The van der Waals surface area contributed by atoms with Gasteiger partial charge in [-0.05, 0) is 18.4 Å². The highest BCUT2D eigenvalue weighted by Gasteiger charge is 1.95. The maximum Gasteiger partial charge on any atom is 0.0336 e. The molecule has 0 fully saturated rings. The maximum absolute atomic E-state index is 7.49. The van der Waals surface area contributed by atoms with Gasteiger partial charge in [-0.2, -0.15) is 0 Å². The molecular weight excluding hydrogens is 134 g/mol. The third-order valence-electron chi connectivity index (χ3n) is 1.64. The highest BCUT2D eigenvalue weighted by molar-refractivity contribution is 5.93. The molecule has 0 radical (unpaired) electrons. The summed E-state index contributed by atoms with van der Waals surface area (Å²) in [4.78, 5) is 0. The molecule has 0 aromatic carbocycles.